The first-order valence-electron chi connectivity index (χ1n) is 5.96. The highest BCUT2D eigenvalue weighted by atomic mass is 79.9. The average molecular weight is 369 g/mol. The van der Waals surface area contributed by atoms with Gasteiger partial charge in [-0.05, 0) is 28.9 Å². The molecule has 5 nitrogen and oxygen atoms in total. The van der Waals surface area contributed by atoms with Gasteiger partial charge in [0.05, 0.1) is 21.4 Å². The molecule has 1 N–H and O–H groups in total. The van der Waals surface area contributed by atoms with Gasteiger partial charge < -0.3 is 10.1 Å². The summed E-state index contributed by atoms with van der Waals surface area (Å²) >= 11 is 4.75. The molecule has 0 spiro atoms. The highest BCUT2D eigenvalue weighted by Crippen LogP contribution is 2.31. The molecule has 0 saturated carbocycles. The molecule has 0 aliphatic carbocycles. The van der Waals surface area contributed by atoms with Crippen molar-refractivity contribution in [3.63, 3.8) is 0 Å². The summed E-state index contributed by atoms with van der Waals surface area (Å²) in [5.74, 6) is 0. The van der Waals surface area contributed by atoms with Gasteiger partial charge in [0.1, 0.15) is 0 Å². The maximum absolute atomic E-state index is 12.5. The number of sulfonamides is 1. The summed E-state index contributed by atoms with van der Waals surface area (Å²) in [7, 11) is -1.85. The molecule has 0 radical (unpaired) electrons. The third-order valence-corrected chi connectivity index (χ3v) is 6.63. The third kappa shape index (κ3) is 3.56. The number of thiophene rings is 1. The fourth-order valence-corrected chi connectivity index (χ4v) is 5.56. The topological polar surface area (TPSA) is 58.6 Å². The van der Waals surface area contributed by atoms with E-state index in [-0.39, 0.29) is 6.10 Å². The van der Waals surface area contributed by atoms with Crippen molar-refractivity contribution in [3.05, 3.63) is 14.7 Å². The molecular formula is C11H17BrN2O3S2. The Hall–Kier alpha value is 0.01000. The van der Waals surface area contributed by atoms with Gasteiger partial charge in [-0.1, -0.05) is 0 Å². The van der Waals surface area contributed by atoms with E-state index in [4.69, 9.17) is 4.74 Å². The Morgan fingerprint density at radius 2 is 2.37 bits per heavy atom. The molecule has 1 fully saturated rings. The van der Waals surface area contributed by atoms with E-state index in [2.05, 4.69) is 21.2 Å². The molecule has 0 amide bonds. The van der Waals surface area contributed by atoms with Crippen LogP contribution in [0.3, 0.4) is 0 Å². The summed E-state index contributed by atoms with van der Waals surface area (Å²) in [5.41, 5.74) is 0. The van der Waals surface area contributed by atoms with Gasteiger partial charge in [-0.2, -0.15) is 4.31 Å². The first-order chi connectivity index (χ1) is 8.91. The molecule has 19 heavy (non-hydrogen) atoms. The summed E-state index contributed by atoms with van der Waals surface area (Å²) in [6.07, 6.45) is -0.0871. The summed E-state index contributed by atoms with van der Waals surface area (Å²) < 4.78 is 32.7. The SMILES string of the molecule is Cc1sc(Br)cc1S(=O)(=O)N(C)CC1CNCCO1. The third-order valence-electron chi connectivity index (χ3n) is 3.00. The van der Waals surface area contributed by atoms with Gasteiger partial charge in [-0.15, -0.1) is 11.3 Å². The largest absolute Gasteiger partial charge is 0.374 e. The molecule has 1 aromatic heterocycles. The standard InChI is InChI=1S/C11H17BrN2O3S2/c1-8-10(5-11(12)18-8)19(15,16)14(2)7-9-6-13-3-4-17-9/h5,9,13H,3-4,6-7H2,1-2H3. The van der Waals surface area contributed by atoms with Crippen LogP contribution in [0, 0.1) is 6.92 Å². The van der Waals surface area contributed by atoms with Crippen molar-refractivity contribution in [2.75, 3.05) is 33.3 Å². The Morgan fingerprint density at radius 3 is 2.89 bits per heavy atom. The number of aryl methyl sites for hydroxylation is 1. The molecule has 1 saturated heterocycles. The number of ether oxygens (including phenoxy) is 1. The molecule has 1 unspecified atom stereocenters. The van der Waals surface area contributed by atoms with Gasteiger partial charge in [0.15, 0.2) is 0 Å². The van der Waals surface area contributed by atoms with E-state index in [1.807, 2.05) is 6.92 Å². The van der Waals surface area contributed by atoms with Gasteiger partial charge in [0, 0.05) is 31.6 Å². The summed E-state index contributed by atoms with van der Waals surface area (Å²) in [4.78, 5) is 1.16. The van der Waals surface area contributed by atoms with E-state index in [1.165, 1.54) is 15.6 Å². The molecular weight excluding hydrogens is 352 g/mol. The van der Waals surface area contributed by atoms with Gasteiger partial charge >= 0.3 is 0 Å². The zero-order chi connectivity index (χ0) is 14.0. The van der Waals surface area contributed by atoms with E-state index in [1.54, 1.807) is 13.1 Å². The fourth-order valence-electron chi connectivity index (χ4n) is 1.98. The van der Waals surface area contributed by atoms with Crippen LogP contribution in [-0.2, 0) is 14.8 Å². The molecule has 1 atom stereocenters. The van der Waals surface area contributed by atoms with Gasteiger partial charge in [-0.25, -0.2) is 8.42 Å². The van der Waals surface area contributed by atoms with E-state index in [0.717, 1.165) is 15.2 Å². The lowest BCUT2D eigenvalue weighted by atomic mass is 10.3. The Balaban J connectivity index is 2.12. The number of hydrogen-bond acceptors (Lipinski definition) is 5. The van der Waals surface area contributed by atoms with Crippen LogP contribution in [0.4, 0.5) is 0 Å². The predicted molar refractivity (Wildman–Crippen MR) is 79.2 cm³/mol. The number of rotatable bonds is 4. The van der Waals surface area contributed by atoms with Crippen molar-refractivity contribution in [3.8, 4) is 0 Å². The summed E-state index contributed by atoms with van der Waals surface area (Å²) in [6, 6.07) is 1.66. The van der Waals surface area contributed by atoms with Crippen LogP contribution in [0.15, 0.2) is 14.7 Å². The molecule has 0 aromatic carbocycles. The van der Waals surface area contributed by atoms with Crippen molar-refractivity contribution in [1.82, 2.24) is 9.62 Å². The van der Waals surface area contributed by atoms with Crippen LogP contribution in [0.5, 0.6) is 0 Å². The average Bonchev–Trinajstić information content (AvgIpc) is 2.70. The molecule has 108 valence electrons. The Labute approximate surface area is 126 Å². The predicted octanol–water partition coefficient (Wildman–Crippen LogP) is 1.43. The Bertz CT molecular complexity index is 538. The number of morpholine rings is 1. The highest BCUT2D eigenvalue weighted by Gasteiger charge is 2.27. The van der Waals surface area contributed by atoms with Crippen LogP contribution < -0.4 is 5.32 Å². The second-order valence-corrected chi connectivity index (χ2v) is 9.10. The maximum Gasteiger partial charge on any atom is 0.244 e. The quantitative estimate of drug-likeness (QED) is 0.873. The minimum Gasteiger partial charge on any atom is -0.374 e. The van der Waals surface area contributed by atoms with Crippen molar-refractivity contribution in [2.24, 2.45) is 0 Å². The lowest BCUT2D eigenvalue weighted by molar-refractivity contribution is 0.0206. The zero-order valence-corrected chi connectivity index (χ0v) is 14.1. The monoisotopic (exact) mass is 368 g/mol. The van der Waals surface area contributed by atoms with Crippen LogP contribution >= 0.6 is 27.3 Å². The van der Waals surface area contributed by atoms with Crippen molar-refractivity contribution in [1.29, 1.82) is 0 Å². The van der Waals surface area contributed by atoms with E-state index < -0.39 is 10.0 Å². The van der Waals surface area contributed by atoms with E-state index in [9.17, 15) is 8.42 Å². The first kappa shape index (κ1) is 15.4. The van der Waals surface area contributed by atoms with Crippen molar-refractivity contribution >= 4 is 37.3 Å². The normalized spacial score (nSPS) is 20.9. The number of likely N-dealkylation sites (N-methyl/N-ethyl adjacent to an activating group) is 1. The first-order valence-corrected chi connectivity index (χ1v) is 9.01. The Kier molecular flexibility index (Phi) is 5.02. The van der Waals surface area contributed by atoms with Crippen LogP contribution in [-0.4, -0.2) is 52.1 Å². The van der Waals surface area contributed by atoms with Crippen LogP contribution in [0.2, 0.25) is 0 Å². The van der Waals surface area contributed by atoms with Crippen molar-refractivity contribution < 1.29 is 13.2 Å². The molecule has 8 heteroatoms. The Morgan fingerprint density at radius 1 is 1.63 bits per heavy atom. The molecule has 0 bridgehead atoms. The lowest BCUT2D eigenvalue weighted by Crippen LogP contribution is -2.45. The highest BCUT2D eigenvalue weighted by molar-refractivity contribution is 9.11. The van der Waals surface area contributed by atoms with Gasteiger partial charge in [0.25, 0.3) is 0 Å². The van der Waals surface area contributed by atoms with Crippen LogP contribution in [0.25, 0.3) is 0 Å². The number of halogens is 1. The van der Waals surface area contributed by atoms with Gasteiger partial charge in [-0.3, -0.25) is 0 Å². The minimum atomic E-state index is -3.44. The van der Waals surface area contributed by atoms with E-state index in [0.29, 0.717) is 24.6 Å². The van der Waals surface area contributed by atoms with Crippen LogP contribution in [0.1, 0.15) is 4.88 Å². The second-order valence-electron chi connectivity index (χ2n) is 4.45. The summed E-state index contributed by atoms with van der Waals surface area (Å²) in [6.45, 7) is 4.31. The number of nitrogens with one attached hydrogen (secondary N) is 1. The van der Waals surface area contributed by atoms with Crippen molar-refractivity contribution in [2.45, 2.75) is 17.9 Å². The lowest BCUT2D eigenvalue weighted by Gasteiger charge is -2.27. The number of hydrogen-bond donors (Lipinski definition) is 1. The maximum atomic E-state index is 12.5. The number of nitrogens with zero attached hydrogens (tertiary/aromatic N) is 1. The molecule has 1 aromatic rings. The fraction of sp³-hybridized carbons (Fsp3) is 0.636. The molecule has 2 heterocycles. The molecule has 2 rings (SSSR count). The summed E-state index contributed by atoms with van der Waals surface area (Å²) in [5, 5.41) is 3.19. The van der Waals surface area contributed by atoms with Gasteiger partial charge in [0.2, 0.25) is 10.0 Å². The molecule has 1 aliphatic rings. The molecule has 1 aliphatic heterocycles. The zero-order valence-electron chi connectivity index (χ0n) is 10.8. The minimum absolute atomic E-state index is 0.0871. The second kappa shape index (κ2) is 6.19. The smallest absolute Gasteiger partial charge is 0.244 e. The van der Waals surface area contributed by atoms with E-state index >= 15 is 0 Å².